The van der Waals surface area contributed by atoms with Crippen molar-refractivity contribution in [3.8, 4) is 11.3 Å². The number of imidazole rings is 1. The van der Waals surface area contributed by atoms with Crippen LogP contribution in [0.25, 0.3) is 11.3 Å². The molecule has 0 aliphatic rings. The number of aromatic nitrogens is 2. The van der Waals surface area contributed by atoms with Gasteiger partial charge in [0.1, 0.15) is 0 Å². The number of rotatable bonds is 3. The largest absolute Gasteiger partial charge is 0.348 e. The Morgan fingerprint density at radius 2 is 2.11 bits per heavy atom. The number of hydrogen-bond donors (Lipinski definition) is 1. The van der Waals surface area contributed by atoms with Crippen LogP contribution in [-0.2, 0) is 9.74 Å². The van der Waals surface area contributed by atoms with Gasteiger partial charge < -0.3 is 4.98 Å². The number of hydrogen-bond acceptors (Lipinski definition) is 3. The van der Waals surface area contributed by atoms with Gasteiger partial charge in [0.15, 0.2) is 0 Å². The molecule has 0 saturated heterocycles. The molecule has 1 heterocycles. The maximum atomic E-state index is 10.7. The fourth-order valence-corrected chi connectivity index (χ4v) is 1.27. The van der Waals surface area contributed by atoms with Crippen LogP contribution >= 0.6 is 0 Å². The van der Waals surface area contributed by atoms with E-state index in [0.29, 0.717) is 6.42 Å². The summed E-state index contributed by atoms with van der Waals surface area (Å²) in [6, 6.07) is 10.1. The molecule has 1 N–H and O–H groups in total. The molecular formula is C13H15FN2O2. The molecule has 0 radical (unpaired) electrons. The Morgan fingerprint density at radius 3 is 2.56 bits per heavy atom. The monoisotopic (exact) mass is 250 g/mol. The predicted molar refractivity (Wildman–Crippen MR) is 66.1 cm³/mol. The van der Waals surface area contributed by atoms with Crippen LogP contribution in [-0.4, -0.2) is 15.9 Å². The molecule has 1 aromatic carbocycles. The maximum absolute atomic E-state index is 10.7. The van der Waals surface area contributed by atoms with E-state index in [-0.39, 0.29) is 6.42 Å². The predicted octanol–water partition coefficient (Wildman–Crippen LogP) is 3.29. The van der Waals surface area contributed by atoms with Crippen molar-refractivity contribution in [3.05, 3.63) is 42.9 Å². The molecule has 0 bridgehead atoms. The summed E-state index contributed by atoms with van der Waals surface area (Å²) >= 11 is 0. The molecule has 2 rings (SSSR count). The van der Waals surface area contributed by atoms with E-state index in [1.54, 1.807) is 13.3 Å². The number of aromatic amines is 1. The molecule has 0 atom stereocenters. The molecule has 0 amide bonds. The first kappa shape index (κ1) is 13.9. The third-order valence-corrected chi connectivity index (χ3v) is 2.12. The Labute approximate surface area is 105 Å². The average molecular weight is 250 g/mol. The van der Waals surface area contributed by atoms with E-state index in [1.807, 2.05) is 36.5 Å². The average Bonchev–Trinajstić information content (AvgIpc) is 2.95. The quantitative estimate of drug-likeness (QED) is 0.909. The Balaban J connectivity index is 0.000000203. The SMILES string of the molecule is CCCC(=O)OF.c1ccc(-c2cnc[nH]2)cc1. The van der Waals surface area contributed by atoms with E-state index in [1.165, 1.54) is 5.56 Å². The van der Waals surface area contributed by atoms with Crippen LogP contribution in [0.4, 0.5) is 4.53 Å². The van der Waals surface area contributed by atoms with Crippen LogP contribution in [0.3, 0.4) is 0 Å². The highest BCUT2D eigenvalue weighted by Crippen LogP contribution is 2.13. The number of carbonyl (C=O) groups is 1. The number of carbonyl (C=O) groups excluding carboxylic acids is 1. The van der Waals surface area contributed by atoms with Gasteiger partial charge in [0.25, 0.3) is 0 Å². The van der Waals surface area contributed by atoms with E-state index in [0.717, 1.165) is 5.69 Å². The van der Waals surface area contributed by atoms with Crippen molar-refractivity contribution in [1.82, 2.24) is 9.97 Å². The molecule has 0 saturated carbocycles. The number of H-pyrrole nitrogens is 1. The molecule has 0 aliphatic heterocycles. The van der Waals surface area contributed by atoms with Crippen molar-refractivity contribution < 1.29 is 14.3 Å². The molecule has 18 heavy (non-hydrogen) atoms. The molecule has 0 aliphatic carbocycles. The summed E-state index contributed by atoms with van der Waals surface area (Å²) in [6.45, 7) is 1.77. The Bertz CT molecular complexity index is 443. The topological polar surface area (TPSA) is 55.0 Å². The summed E-state index contributed by atoms with van der Waals surface area (Å²) in [5.41, 5.74) is 2.23. The number of nitrogens with one attached hydrogen (secondary N) is 1. The standard InChI is InChI=1S/C9H8N2.C4H7FO2/c1-2-4-8(5-3-1)9-6-10-7-11-9;1-2-3-4(6)7-5/h1-7H,(H,10,11);2-3H2,1H3. The Kier molecular flexibility index (Phi) is 6.17. The molecule has 96 valence electrons. The van der Waals surface area contributed by atoms with E-state index in [4.69, 9.17) is 0 Å². The van der Waals surface area contributed by atoms with Gasteiger partial charge >= 0.3 is 5.97 Å². The molecule has 1 aromatic heterocycles. The third-order valence-electron chi connectivity index (χ3n) is 2.12. The Hall–Kier alpha value is -2.17. The van der Waals surface area contributed by atoms with Gasteiger partial charge in [0.2, 0.25) is 0 Å². The van der Waals surface area contributed by atoms with Crippen molar-refractivity contribution in [1.29, 1.82) is 0 Å². The number of nitrogens with zero attached hydrogens (tertiary/aromatic N) is 1. The first-order valence-corrected chi connectivity index (χ1v) is 5.63. The summed E-state index contributed by atoms with van der Waals surface area (Å²) in [7, 11) is 0. The van der Waals surface area contributed by atoms with E-state index in [9.17, 15) is 9.32 Å². The highest BCUT2D eigenvalue weighted by atomic mass is 19.3. The van der Waals surface area contributed by atoms with E-state index >= 15 is 0 Å². The zero-order chi connectivity index (χ0) is 13.2. The van der Waals surface area contributed by atoms with Gasteiger partial charge in [-0.15, -0.1) is 0 Å². The molecule has 0 spiro atoms. The maximum Gasteiger partial charge on any atom is 0.348 e. The second kappa shape index (κ2) is 8.00. The summed E-state index contributed by atoms with van der Waals surface area (Å²) in [5, 5.41) is 0. The van der Waals surface area contributed by atoms with Crippen LogP contribution in [0.15, 0.2) is 42.9 Å². The van der Waals surface area contributed by atoms with Gasteiger partial charge in [-0.3, -0.25) is 4.94 Å². The van der Waals surface area contributed by atoms with Gasteiger partial charge in [-0.1, -0.05) is 37.3 Å². The van der Waals surface area contributed by atoms with Crippen molar-refractivity contribution in [2.75, 3.05) is 0 Å². The molecule has 4 nitrogen and oxygen atoms in total. The minimum atomic E-state index is -0.789. The van der Waals surface area contributed by atoms with Gasteiger partial charge in [0, 0.05) is 10.9 Å². The van der Waals surface area contributed by atoms with Gasteiger partial charge in [-0.05, 0) is 12.0 Å². The Morgan fingerprint density at radius 1 is 1.39 bits per heavy atom. The highest BCUT2D eigenvalue weighted by molar-refractivity contribution is 5.68. The molecule has 5 heteroatoms. The second-order valence-electron chi connectivity index (χ2n) is 3.53. The minimum Gasteiger partial charge on any atom is -0.345 e. The lowest BCUT2D eigenvalue weighted by Crippen LogP contribution is -1.94. The van der Waals surface area contributed by atoms with Crippen molar-refractivity contribution >= 4 is 5.97 Å². The molecule has 0 fully saturated rings. The molecule has 0 unspecified atom stereocenters. The molecular weight excluding hydrogens is 235 g/mol. The second-order valence-corrected chi connectivity index (χ2v) is 3.53. The fourth-order valence-electron chi connectivity index (χ4n) is 1.27. The number of halogens is 1. The van der Waals surface area contributed by atoms with Gasteiger partial charge in [0.05, 0.1) is 18.2 Å². The molecule has 2 aromatic rings. The van der Waals surface area contributed by atoms with Crippen LogP contribution in [0.2, 0.25) is 0 Å². The van der Waals surface area contributed by atoms with Crippen molar-refractivity contribution in [2.45, 2.75) is 19.8 Å². The lowest BCUT2D eigenvalue weighted by atomic mass is 10.2. The van der Waals surface area contributed by atoms with E-state index in [2.05, 4.69) is 14.9 Å². The fraction of sp³-hybridized carbons (Fsp3) is 0.231. The summed E-state index contributed by atoms with van der Waals surface area (Å²) in [6.07, 6.45) is 4.29. The van der Waals surface area contributed by atoms with Crippen LogP contribution in [0.1, 0.15) is 19.8 Å². The zero-order valence-corrected chi connectivity index (χ0v) is 10.1. The summed E-state index contributed by atoms with van der Waals surface area (Å²) in [5.74, 6) is -0.789. The van der Waals surface area contributed by atoms with E-state index < -0.39 is 5.97 Å². The first-order chi connectivity index (χ1) is 8.77. The lowest BCUT2D eigenvalue weighted by Gasteiger charge is -1.93. The van der Waals surface area contributed by atoms with Crippen molar-refractivity contribution in [3.63, 3.8) is 0 Å². The van der Waals surface area contributed by atoms with Crippen molar-refractivity contribution in [2.24, 2.45) is 0 Å². The highest BCUT2D eigenvalue weighted by Gasteiger charge is 1.97. The summed E-state index contributed by atoms with van der Waals surface area (Å²) < 4.78 is 10.7. The first-order valence-electron chi connectivity index (χ1n) is 5.63. The third kappa shape index (κ3) is 4.78. The summed E-state index contributed by atoms with van der Waals surface area (Å²) in [4.78, 5) is 19.7. The normalized spacial score (nSPS) is 9.22. The minimum absolute atomic E-state index is 0.163. The van der Waals surface area contributed by atoms with Gasteiger partial charge in [-0.2, -0.15) is 0 Å². The number of benzene rings is 1. The smallest absolute Gasteiger partial charge is 0.345 e. The van der Waals surface area contributed by atoms with Crippen LogP contribution in [0.5, 0.6) is 0 Å². The lowest BCUT2D eigenvalue weighted by molar-refractivity contribution is -0.183. The van der Waals surface area contributed by atoms with Gasteiger partial charge in [-0.25, -0.2) is 9.78 Å². The zero-order valence-electron chi connectivity index (χ0n) is 10.1. The van der Waals surface area contributed by atoms with Crippen LogP contribution in [0, 0.1) is 0 Å². The van der Waals surface area contributed by atoms with Crippen LogP contribution < -0.4 is 0 Å².